The Kier molecular flexibility index (Phi) is 4.34. The quantitative estimate of drug-likeness (QED) is 0.429. The molecule has 0 amide bonds. The fraction of sp³-hybridized carbons (Fsp3) is 0.632. The van der Waals surface area contributed by atoms with Crippen LogP contribution in [0.5, 0.6) is 5.75 Å². The van der Waals surface area contributed by atoms with Crippen molar-refractivity contribution in [3.05, 3.63) is 32.3 Å². The molecule has 1 aromatic carbocycles. The molecule has 4 bridgehead atoms. The number of aliphatic imine (C=N–C) groups is 1. The lowest BCUT2D eigenvalue weighted by Gasteiger charge is -2.47. The molecule has 0 saturated heterocycles. The average molecular weight is 407 g/mol. The van der Waals surface area contributed by atoms with Crippen molar-refractivity contribution in [2.24, 2.45) is 28.2 Å². The van der Waals surface area contributed by atoms with Gasteiger partial charge in [-0.05, 0) is 71.2 Å². The smallest absolute Gasteiger partial charge is 0.271 e. The van der Waals surface area contributed by atoms with Crippen LogP contribution >= 0.6 is 15.9 Å². The van der Waals surface area contributed by atoms with E-state index >= 15 is 0 Å². The summed E-state index contributed by atoms with van der Waals surface area (Å²) in [5.41, 5.74) is 0.679. The van der Waals surface area contributed by atoms with Crippen molar-refractivity contribution in [2.75, 3.05) is 6.54 Å². The van der Waals surface area contributed by atoms with Gasteiger partial charge in [-0.2, -0.15) is 0 Å². The average Bonchev–Trinajstić information content (AvgIpc) is 2.76. The highest BCUT2D eigenvalue weighted by Gasteiger charge is 2.48. The summed E-state index contributed by atoms with van der Waals surface area (Å²) in [6.07, 6.45) is 11.0. The lowest BCUT2D eigenvalue weighted by molar-refractivity contribution is -0.385. The van der Waals surface area contributed by atoms with Gasteiger partial charge in [0.2, 0.25) is 0 Å². The zero-order valence-corrected chi connectivity index (χ0v) is 15.7. The number of phenolic OH excluding ortho intramolecular Hbond substituents is 1. The van der Waals surface area contributed by atoms with Crippen LogP contribution in [-0.4, -0.2) is 22.8 Å². The minimum atomic E-state index is -0.454. The fourth-order valence-corrected chi connectivity index (χ4v) is 6.17. The summed E-state index contributed by atoms with van der Waals surface area (Å²) >= 11 is 3.18. The molecule has 0 radical (unpaired) electrons. The van der Waals surface area contributed by atoms with Gasteiger partial charge in [-0.25, -0.2) is 0 Å². The van der Waals surface area contributed by atoms with Crippen molar-refractivity contribution in [2.45, 2.75) is 44.9 Å². The maximum Gasteiger partial charge on any atom is 0.271 e. The van der Waals surface area contributed by atoms with Gasteiger partial charge in [0.05, 0.1) is 9.40 Å². The number of hydrogen-bond acceptors (Lipinski definition) is 4. The molecule has 4 saturated carbocycles. The summed E-state index contributed by atoms with van der Waals surface area (Å²) in [6, 6.07) is 2.70. The van der Waals surface area contributed by atoms with E-state index in [1.807, 2.05) is 0 Å². The standard InChI is InChI=1S/C19H23BrN2O3/c20-17-6-16(22(24)25)5-15(18(17)23)10-21-11-19-7-12-1-2-13(8-19)4-14(3-12)9-19/h5-6,10,12-14,23H,1-4,7-9,11H2/t12-,13-,14?,19?/m0/s1. The molecule has 0 aliphatic heterocycles. The van der Waals surface area contributed by atoms with Gasteiger partial charge >= 0.3 is 0 Å². The number of aromatic hydroxyl groups is 1. The predicted octanol–water partition coefficient (Wildman–Crippen LogP) is 5.09. The maximum absolute atomic E-state index is 11.0. The van der Waals surface area contributed by atoms with Crippen LogP contribution in [0.3, 0.4) is 0 Å². The second kappa shape index (κ2) is 6.38. The fourth-order valence-electron chi connectivity index (χ4n) is 5.71. The molecule has 0 heterocycles. The molecule has 0 spiro atoms. The third-order valence-corrected chi connectivity index (χ3v) is 7.03. The number of halogens is 1. The lowest BCUT2D eigenvalue weighted by atomic mass is 9.58. The number of nitrogens with zero attached hydrogens (tertiary/aromatic N) is 2. The molecule has 4 fully saturated rings. The van der Waals surface area contributed by atoms with Gasteiger partial charge in [0.15, 0.2) is 0 Å². The summed E-state index contributed by atoms with van der Waals surface area (Å²) in [5, 5.41) is 21.2. The van der Waals surface area contributed by atoms with E-state index in [1.54, 1.807) is 6.21 Å². The van der Waals surface area contributed by atoms with E-state index in [2.05, 4.69) is 20.9 Å². The second-order valence-electron chi connectivity index (χ2n) is 8.35. The van der Waals surface area contributed by atoms with E-state index in [1.165, 1.54) is 57.1 Å². The van der Waals surface area contributed by atoms with Crippen LogP contribution in [-0.2, 0) is 0 Å². The molecule has 25 heavy (non-hydrogen) atoms. The van der Waals surface area contributed by atoms with Gasteiger partial charge in [0.25, 0.3) is 5.69 Å². The molecule has 0 unspecified atom stereocenters. The van der Waals surface area contributed by atoms with Crippen LogP contribution in [0.2, 0.25) is 0 Å². The van der Waals surface area contributed by atoms with Gasteiger partial charge in [-0.1, -0.05) is 12.8 Å². The van der Waals surface area contributed by atoms with Crippen LogP contribution in [0.1, 0.15) is 50.5 Å². The summed E-state index contributed by atoms with van der Waals surface area (Å²) in [6.45, 7) is 0.774. The Hall–Kier alpha value is -1.43. The highest BCUT2D eigenvalue weighted by Crippen LogP contribution is 2.57. The molecule has 1 N–H and O–H groups in total. The number of fused-ring (bicyclic) bond motifs is 1. The second-order valence-corrected chi connectivity index (χ2v) is 9.21. The molecule has 6 heteroatoms. The Labute approximate surface area is 155 Å². The number of nitro groups is 1. The van der Waals surface area contributed by atoms with E-state index in [4.69, 9.17) is 0 Å². The SMILES string of the molecule is O=[N+]([O-])c1cc(Br)c(O)c(C=NCC23CC4C[C@H](CC[C@@H](C4)C2)C3)c1. The van der Waals surface area contributed by atoms with Crippen LogP contribution < -0.4 is 0 Å². The molecule has 134 valence electrons. The van der Waals surface area contributed by atoms with Gasteiger partial charge in [0.1, 0.15) is 5.75 Å². The zero-order valence-electron chi connectivity index (χ0n) is 14.2. The van der Waals surface area contributed by atoms with Crippen molar-refractivity contribution >= 4 is 27.8 Å². The topological polar surface area (TPSA) is 75.7 Å². The van der Waals surface area contributed by atoms with Crippen LogP contribution in [0.4, 0.5) is 5.69 Å². The summed E-state index contributed by atoms with van der Waals surface area (Å²) < 4.78 is 0.328. The van der Waals surface area contributed by atoms with Crippen molar-refractivity contribution < 1.29 is 10.0 Å². The van der Waals surface area contributed by atoms with Crippen molar-refractivity contribution in [1.29, 1.82) is 0 Å². The molecule has 5 rings (SSSR count). The first-order valence-corrected chi connectivity index (χ1v) is 9.90. The third-order valence-electron chi connectivity index (χ3n) is 6.43. The lowest BCUT2D eigenvalue weighted by Crippen LogP contribution is -2.39. The normalized spacial score (nSPS) is 33.7. The van der Waals surface area contributed by atoms with E-state index in [0.717, 1.165) is 24.3 Å². The monoisotopic (exact) mass is 406 g/mol. The maximum atomic E-state index is 11.0. The Morgan fingerprint density at radius 1 is 1.24 bits per heavy atom. The number of non-ortho nitro benzene ring substituents is 1. The molecule has 2 atom stereocenters. The number of rotatable bonds is 4. The molecule has 1 aromatic rings. The van der Waals surface area contributed by atoms with Gasteiger partial charge in [-0.3, -0.25) is 15.1 Å². The number of nitro benzene ring substituents is 1. The first kappa shape index (κ1) is 17.0. The number of hydrogen-bond donors (Lipinski definition) is 1. The highest BCUT2D eigenvalue weighted by molar-refractivity contribution is 9.10. The Bertz CT molecular complexity index is 718. The minimum absolute atomic E-state index is 0.0112. The van der Waals surface area contributed by atoms with Gasteiger partial charge in [-0.15, -0.1) is 0 Å². The number of phenols is 1. The molecule has 0 aromatic heterocycles. The predicted molar refractivity (Wildman–Crippen MR) is 100 cm³/mol. The summed E-state index contributed by atoms with van der Waals surface area (Å²) in [5.74, 6) is 2.61. The van der Waals surface area contributed by atoms with Gasteiger partial charge in [0, 0.05) is 30.5 Å². The van der Waals surface area contributed by atoms with Crippen molar-refractivity contribution in [1.82, 2.24) is 0 Å². The Morgan fingerprint density at radius 2 is 1.88 bits per heavy atom. The van der Waals surface area contributed by atoms with Crippen LogP contribution in [0.25, 0.3) is 0 Å². The molecule has 4 aliphatic rings. The van der Waals surface area contributed by atoms with E-state index in [-0.39, 0.29) is 11.4 Å². The minimum Gasteiger partial charge on any atom is -0.506 e. The Morgan fingerprint density at radius 3 is 2.52 bits per heavy atom. The van der Waals surface area contributed by atoms with E-state index < -0.39 is 4.92 Å². The molecular formula is C19H23BrN2O3. The first-order valence-electron chi connectivity index (χ1n) is 9.11. The van der Waals surface area contributed by atoms with Crippen LogP contribution in [0, 0.1) is 33.3 Å². The Balaban J connectivity index is 1.54. The largest absolute Gasteiger partial charge is 0.506 e. The summed E-state index contributed by atoms with van der Waals surface area (Å²) in [7, 11) is 0. The molecular weight excluding hydrogens is 384 g/mol. The van der Waals surface area contributed by atoms with Gasteiger partial charge < -0.3 is 5.11 Å². The first-order chi connectivity index (χ1) is 11.9. The molecule has 5 nitrogen and oxygen atoms in total. The van der Waals surface area contributed by atoms with E-state index in [9.17, 15) is 15.2 Å². The van der Waals surface area contributed by atoms with Crippen LogP contribution in [0.15, 0.2) is 21.6 Å². The summed E-state index contributed by atoms with van der Waals surface area (Å²) in [4.78, 5) is 15.2. The van der Waals surface area contributed by atoms with Crippen molar-refractivity contribution in [3.8, 4) is 5.75 Å². The molecule has 4 aliphatic carbocycles. The van der Waals surface area contributed by atoms with E-state index in [0.29, 0.717) is 15.5 Å². The third kappa shape index (κ3) is 3.33. The zero-order chi connectivity index (χ0) is 17.6. The highest BCUT2D eigenvalue weighted by atomic mass is 79.9. The number of benzene rings is 1. The van der Waals surface area contributed by atoms with Crippen molar-refractivity contribution in [3.63, 3.8) is 0 Å².